The molecule has 0 aromatic heterocycles. The second-order valence-corrected chi connectivity index (χ2v) is 5.91. The van der Waals surface area contributed by atoms with Gasteiger partial charge < -0.3 is 4.90 Å². The molecule has 2 rings (SSSR count). The third-order valence-corrected chi connectivity index (χ3v) is 3.80. The van der Waals surface area contributed by atoms with Crippen LogP contribution >= 0.6 is 15.9 Å². The lowest BCUT2D eigenvalue weighted by Gasteiger charge is -2.33. The van der Waals surface area contributed by atoms with E-state index in [2.05, 4.69) is 22.0 Å². The number of nitriles is 1. The molecule has 1 aromatic rings. The molecule has 1 fully saturated rings. The van der Waals surface area contributed by atoms with E-state index in [1.54, 1.807) is 24.8 Å². The van der Waals surface area contributed by atoms with Gasteiger partial charge in [0.05, 0.1) is 11.6 Å². The molecule has 0 atom stereocenters. The first-order chi connectivity index (χ1) is 8.47. The predicted octanol–water partition coefficient (Wildman–Crippen LogP) is 3.36. The predicted molar refractivity (Wildman–Crippen MR) is 73.0 cm³/mol. The van der Waals surface area contributed by atoms with Gasteiger partial charge in [0, 0.05) is 10.5 Å². The van der Waals surface area contributed by atoms with Gasteiger partial charge in [-0.1, -0.05) is 12.1 Å². The molecule has 0 heterocycles. The first-order valence-electron chi connectivity index (χ1n) is 5.97. The maximum Gasteiger partial charge on any atom is 0.256 e. The number of carbonyl (C=O) groups excluding carboxylic acids is 1. The third kappa shape index (κ3) is 2.41. The molecule has 1 aliphatic rings. The lowest BCUT2D eigenvalue weighted by atomic mass is 10.0. The number of rotatable bonds is 3. The molecule has 0 aliphatic heterocycles. The van der Waals surface area contributed by atoms with Gasteiger partial charge in [0.15, 0.2) is 0 Å². The quantitative estimate of drug-likeness (QED) is 0.859. The first kappa shape index (κ1) is 13.1. The van der Waals surface area contributed by atoms with E-state index < -0.39 is 5.54 Å². The smallest absolute Gasteiger partial charge is 0.256 e. The molecule has 1 saturated carbocycles. The fourth-order valence-electron chi connectivity index (χ4n) is 2.03. The van der Waals surface area contributed by atoms with Gasteiger partial charge in [-0.3, -0.25) is 4.79 Å². The number of halogens is 1. The Morgan fingerprint density at radius 1 is 1.44 bits per heavy atom. The number of hydrogen-bond acceptors (Lipinski definition) is 2. The van der Waals surface area contributed by atoms with Crippen LogP contribution in [0.25, 0.3) is 0 Å². The van der Waals surface area contributed by atoms with Crippen LogP contribution < -0.4 is 0 Å². The second kappa shape index (κ2) is 4.74. The average molecular weight is 307 g/mol. The molecule has 0 bridgehead atoms. The van der Waals surface area contributed by atoms with Gasteiger partial charge in [0.1, 0.15) is 5.54 Å². The fourth-order valence-corrected chi connectivity index (χ4v) is 2.48. The monoisotopic (exact) mass is 306 g/mol. The van der Waals surface area contributed by atoms with Crippen LogP contribution in [0, 0.1) is 11.3 Å². The van der Waals surface area contributed by atoms with Gasteiger partial charge in [-0.05, 0) is 54.8 Å². The highest BCUT2D eigenvalue weighted by Gasteiger charge is 2.42. The SMILES string of the molecule is CC(C)(C#N)N(C(=O)c1ccccc1Br)C1CC1. The summed E-state index contributed by atoms with van der Waals surface area (Å²) >= 11 is 3.39. The molecule has 18 heavy (non-hydrogen) atoms. The zero-order valence-corrected chi connectivity index (χ0v) is 12.1. The molecule has 1 aliphatic carbocycles. The van der Waals surface area contributed by atoms with E-state index >= 15 is 0 Å². The second-order valence-electron chi connectivity index (χ2n) is 5.06. The van der Waals surface area contributed by atoms with Crippen molar-refractivity contribution in [3.05, 3.63) is 34.3 Å². The molecule has 0 N–H and O–H groups in total. The molecule has 1 amide bonds. The van der Waals surface area contributed by atoms with Crippen molar-refractivity contribution in [1.82, 2.24) is 4.90 Å². The highest BCUT2D eigenvalue weighted by atomic mass is 79.9. The minimum absolute atomic E-state index is 0.0727. The van der Waals surface area contributed by atoms with Gasteiger partial charge in [0.25, 0.3) is 5.91 Å². The summed E-state index contributed by atoms with van der Waals surface area (Å²) in [6, 6.07) is 9.77. The summed E-state index contributed by atoms with van der Waals surface area (Å²) in [6.45, 7) is 3.58. The highest BCUT2D eigenvalue weighted by molar-refractivity contribution is 9.10. The first-order valence-corrected chi connectivity index (χ1v) is 6.76. The van der Waals surface area contributed by atoms with Crippen LogP contribution in [0.2, 0.25) is 0 Å². The van der Waals surface area contributed by atoms with Gasteiger partial charge in [0.2, 0.25) is 0 Å². The Labute approximate surface area is 116 Å². The van der Waals surface area contributed by atoms with E-state index in [-0.39, 0.29) is 11.9 Å². The van der Waals surface area contributed by atoms with Crippen LogP contribution in [0.4, 0.5) is 0 Å². The molecular weight excluding hydrogens is 292 g/mol. The third-order valence-electron chi connectivity index (χ3n) is 3.11. The standard InChI is InChI=1S/C14H15BrN2O/c1-14(2,9-16)17(10-7-8-10)13(18)11-5-3-4-6-12(11)15/h3-6,10H,7-8H2,1-2H3. The van der Waals surface area contributed by atoms with Crippen molar-refractivity contribution in [3.8, 4) is 6.07 Å². The van der Waals surface area contributed by atoms with E-state index in [1.165, 1.54) is 0 Å². The summed E-state index contributed by atoms with van der Waals surface area (Å²) in [5.74, 6) is -0.0727. The Hall–Kier alpha value is -1.34. The molecule has 1 aromatic carbocycles. The van der Waals surface area contributed by atoms with Crippen molar-refractivity contribution in [2.75, 3.05) is 0 Å². The Balaban J connectivity index is 2.37. The summed E-state index contributed by atoms with van der Waals surface area (Å²) in [5, 5.41) is 9.25. The summed E-state index contributed by atoms with van der Waals surface area (Å²) in [5.41, 5.74) is -0.152. The normalized spacial score (nSPS) is 15.0. The molecule has 3 nitrogen and oxygen atoms in total. The Morgan fingerprint density at radius 2 is 2.06 bits per heavy atom. The molecule has 0 unspecified atom stereocenters. The lowest BCUT2D eigenvalue weighted by molar-refractivity contribution is 0.0614. The number of benzene rings is 1. The summed E-state index contributed by atoms with van der Waals surface area (Å²) in [4.78, 5) is 14.3. The van der Waals surface area contributed by atoms with Crippen LogP contribution in [0.15, 0.2) is 28.7 Å². The molecule has 94 valence electrons. The Kier molecular flexibility index (Phi) is 3.45. The summed E-state index contributed by atoms with van der Waals surface area (Å²) in [7, 11) is 0. The average Bonchev–Trinajstić information content (AvgIpc) is 3.14. The van der Waals surface area contributed by atoms with Crippen LogP contribution in [0.5, 0.6) is 0 Å². The lowest BCUT2D eigenvalue weighted by Crippen LogP contribution is -2.48. The van der Waals surface area contributed by atoms with Gasteiger partial charge >= 0.3 is 0 Å². The molecule has 0 spiro atoms. The van der Waals surface area contributed by atoms with Gasteiger partial charge in [-0.15, -0.1) is 0 Å². The Morgan fingerprint density at radius 3 is 2.56 bits per heavy atom. The molecule has 4 heteroatoms. The number of carbonyl (C=O) groups is 1. The number of amides is 1. The van der Waals surface area contributed by atoms with Crippen LogP contribution in [-0.2, 0) is 0 Å². The minimum atomic E-state index is -0.770. The van der Waals surface area contributed by atoms with Crippen molar-refractivity contribution in [2.45, 2.75) is 38.3 Å². The van der Waals surface area contributed by atoms with Gasteiger partial charge in [-0.2, -0.15) is 5.26 Å². The zero-order valence-electron chi connectivity index (χ0n) is 10.5. The van der Waals surface area contributed by atoms with Crippen molar-refractivity contribution >= 4 is 21.8 Å². The largest absolute Gasteiger partial charge is 0.317 e. The number of nitrogens with zero attached hydrogens (tertiary/aromatic N) is 2. The van der Waals surface area contributed by atoms with E-state index in [0.29, 0.717) is 5.56 Å². The van der Waals surface area contributed by atoms with Gasteiger partial charge in [-0.25, -0.2) is 0 Å². The van der Waals surface area contributed by atoms with E-state index in [4.69, 9.17) is 0 Å². The van der Waals surface area contributed by atoms with Crippen LogP contribution in [0.1, 0.15) is 37.0 Å². The molecular formula is C14H15BrN2O. The van der Waals surface area contributed by atoms with Crippen molar-refractivity contribution < 1.29 is 4.79 Å². The van der Waals surface area contributed by atoms with Crippen LogP contribution in [0.3, 0.4) is 0 Å². The van der Waals surface area contributed by atoms with Crippen molar-refractivity contribution in [1.29, 1.82) is 5.26 Å². The topological polar surface area (TPSA) is 44.1 Å². The maximum absolute atomic E-state index is 12.6. The molecule has 0 saturated heterocycles. The molecule has 0 radical (unpaired) electrons. The maximum atomic E-state index is 12.6. The minimum Gasteiger partial charge on any atom is -0.317 e. The number of hydrogen-bond donors (Lipinski definition) is 0. The van der Waals surface area contributed by atoms with Crippen LogP contribution in [-0.4, -0.2) is 22.4 Å². The van der Waals surface area contributed by atoms with Crippen molar-refractivity contribution in [3.63, 3.8) is 0 Å². The summed E-state index contributed by atoms with van der Waals surface area (Å²) < 4.78 is 0.773. The highest BCUT2D eigenvalue weighted by Crippen LogP contribution is 2.35. The fraction of sp³-hybridized carbons (Fsp3) is 0.429. The van der Waals surface area contributed by atoms with E-state index in [0.717, 1.165) is 17.3 Å². The van der Waals surface area contributed by atoms with E-state index in [9.17, 15) is 10.1 Å². The zero-order chi connectivity index (χ0) is 13.3. The summed E-state index contributed by atoms with van der Waals surface area (Å²) in [6.07, 6.45) is 1.97. The van der Waals surface area contributed by atoms with Crippen molar-refractivity contribution in [2.24, 2.45) is 0 Å². The van der Waals surface area contributed by atoms with E-state index in [1.807, 2.05) is 18.2 Å². The Bertz CT molecular complexity index is 515.